The smallest absolute Gasteiger partial charge is 0.321 e. The Morgan fingerprint density at radius 2 is 1.55 bits per heavy atom. The zero-order chi connectivity index (χ0) is 14.4. The molecule has 3 rings (SSSR count). The van der Waals surface area contributed by atoms with Crippen LogP contribution in [0.1, 0.15) is 5.56 Å². The summed E-state index contributed by atoms with van der Waals surface area (Å²) in [6, 6.07) is 7.99. The lowest BCUT2D eigenvalue weighted by atomic mass is 10.2. The first-order valence-electron chi connectivity index (χ1n) is 6.34. The number of fused-ring (bicyclic) bond motifs is 1. The number of hydrogen-bond acceptors (Lipinski definition) is 2. The summed E-state index contributed by atoms with van der Waals surface area (Å²) >= 11 is 0. The van der Waals surface area contributed by atoms with Crippen molar-refractivity contribution in [1.29, 1.82) is 0 Å². The third kappa shape index (κ3) is 1.71. The first-order chi connectivity index (χ1) is 9.49. The van der Waals surface area contributed by atoms with Crippen LogP contribution in [0.5, 0.6) is 0 Å². The van der Waals surface area contributed by atoms with Gasteiger partial charge in [-0.25, -0.2) is 4.79 Å². The van der Waals surface area contributed by atoms with Crippen molar-refractivity contribution in [2.24, 2.45) is 14.1 Å². The summed E-state index contributed by atoms with van der Waals surface area (Å²) in [7, 11) is 3.16. The Bertz CT molecular complexity index is 911. The molecular weight excluding hydrogens is 254 g/mol. The highest BCUT2D eigenvalue weighted by atomic mass is 16.2. The molecule has 0 amide bonds. The second-order valence-corrected chi connectivity index (χ2v) is 5.01. The van der Waals surface area contributed by atoms with Gasteiger partial charge >= 0.3 is 5.69 Å². The van der Waals surface area contributed by atoms with Crippen molar-refractivity contribution < 1.29 is 0 Å². The van der Waals surface area contributed by atoms with Crippen LogP contribution < -0.4 is 11.2 Å². The van der Waals surface area contributed by atoms with Gasteiger partial charge in [-0.1, -0.05) is 17.7 Å². The van der Waals surface area contributed by atoms with Gasteiger partial charge in [-0.2, -0.15) is 0 Å². The average Bonchev–Trinajstić information content (AvgIpc) is 2.89. The normalized spacial score (nSPS) is 11.2. The maximum atomic E-state index is 12.1. The van der Waals surface area contributed by atoms with Crippen molar-refractivity contribution in [3.8, 4) is 5.69 Å². The first-order valence-corrected chi connectivity index (χ1v) is 6.34. The molecule has 0 aliphatic carbocycles. The molecule has 0 aliphatic rings. The molecular formula is C15H15N3O2. The van der Waals surface area contributed by atoms with Crippen molar-refractivity contribution in [1.82, 2.24) is 13.7 Å². The van der Waals surface area contributed by atoms with Gasteiger partial charge in [0.25, 0.3) is 5.56 Å². The predicted octanol–water partition coefficient (Wildman–Crippen LogP) is 1.34. The Kier molecular flexibility index (Phi) is 2.64. The van der Waals surface area contributed by atoms with Crippen molar-refractivity contribution in [2.45, 2.75) is 6.92 Å². The topological polar surface area (TPSA) is 48.9 Å². The molecule has 0 radical (unpaired) electrons. The molecule has 0 aliphatic heterocycles. The van der Waals surface area contributed by atoms with E-state index in [2.05, 4.69) is 0 Å². The van der Waals surface area contributed by atoms with Gasteiger partial charge in [0.1, 0.15) is 0 Å². The van der Waals surface area contributed by atoms with E-state index < -0.39 is 0 Å². The summed E-state index contributed by atoms with van der Waals surface area (Å²) in [4.78, 5) is 24.0. The quantitative estimate of drug-likeness (QED) is 0.669. The lowest BCUT2D eigenvalue weighted by molar-refractivity contribution is 0.714. The Labute approximate surface area is 115 Å². The van der Waals surface area contributed by atoms with E-state index in [1.165, 1.54) is 17.2 Å². The van der Waals surface area contributed by atoms with Crippen molar-refractivity contribution in [3.63, 3.8) is 0 Å². The number of benzene rings is 1. The second-order valence-electron chi connectivity index (χ2n) is 5.01. The molecule has 3 aromatic rings. The monoisotopic (exact) mass is 269 g/mol. The molecule has 2 aromatic heterocycles. The Balaban J connectivity index is 2.34. The van der Waals surface area contributed by atoms with Gasteiger partial charge in [-0.15, -0.1) is 0 Å². The van der Waals surface area contributed by atoms with Crippen LogP contribution in [0.4, 0.5) is 0 Å². The van der Waals surface area contributed by atoms with Crippen molar-refractivity contribution in [3.05, 3.63) is 63.1 Å². The molecule has 5 nitrogen and oxygen atoms in total. The molecule has 0 N–H and O–H groups in total. The van der Waals surface area contributed by atoms with Crippen LogP contribution in [0.15, 0.2) is 46.2 Å². The van der Waals surface area contributed by atoms with Gasteiger partial charge in [-0.3, -0.25) is 13.9 Å². The summed E-state index contributed by atoms with van der Waals surface area (Å²) in [6.07, 6.45) is 3.57. The largest absolute Gasteiger partial charge is 0.330 e. The molecule has 0 fully saturated rings. The molecule has 2 heterocycles. The molecule has 0 spiro atoms. The van der Waals surface area contributed by atoms with Gasteiger partial charge in [0.2, 0.25) is 0 Å². The van der Waals surface area contributed by atoms with E-state index >= 15 is 0 Å². The van der Waals surface area contributed by atoms with Crippen LogP contribution in [0.2, 0.25) is 0 Å². The number of aromatic nitrogens is 3. The molecule has 0 saturated heterocycles. The van der Waals surface area contributed by atoms with Gasteiger partial charge in [0.05, 0.1) is 10.9 Å². The van der Waals surface area contributed by atoms with E-state index in [0.717, 1.165) is 10.3 Å². The molecule has 0 unspecified atom stereocenters. The molecule has 1 aromatic carbocycles. The van der Waals surface area contributed by atoms with Crippen molar-refractivity contribution in [2.75, 3.05) is 0 Å². The summed E-state index contributed by atoms with van der Waals surface area (Å²) < 4.78 is 4.48. The molecule has 0 saturated carbocycles. The highest BCUT2D eigenvalue weighted by Gasteiger charge is 2.11. The zero-order valence-electron chi connectivity index (χ0n) is 11.6. The van der Waals surface area contributed by atoms with E-state index in [1.807, 2.05) is 42.0 Å². The van der Waals surface area contributed by atoms with Gasteiger partial charge < -0.3 is 4.57 Å². The molecule has 5 heteroatoms. The van der Waals surface area contributed by atoms with Crippen molar-refractivity contribution >= 4 is 10.9 Å². The minimum atomic E-state index is -0.316. The van der Waals surface area contributed by atoms with Gasteiger partial charge in [0.15, 0.2) is 0 Å². The Hall–Kier alpha value is -2.56. The summed E-state index contributed by atoms with van der Waals surface area (Å²) in [5.41, 5.74) is 2.19. The van der Waals surface area contributed by atoms with Crippen LogP contribution in [0, 0.1) is 6.92 Å². The Morgan fingerprint density at radius 3 is 2.20 bits per heavy atom. The van der Waals surface area contributed by atoms with Gasteiger partial charge in [-0.05, 0) is 19.1 Å². The minimum absolute atomic E-state index is 0.269. The maximum absolute atomic E-state index is 12.1. The molecule has 0 bridgehead atoms. The fourth-order valence-corrected chi connectivity index (χ4v) is 2.34. The molecule has 20 heavy (non-hydrogen) atoms. The lowest BCUT2D eigenvalue weighted by Gasteiger charge is -2.02. The van der Waals surface area contributed by atoms with Crippen LogP contribution >= 0.6 is 0 Å². The summed E-state index contributed by atoms with van der Waals surface area (Å²) in [5, 5.41) is 0.537. The number of aryl methyl sites for hydroxylation is 2. The fourth-order valence-electron chi connectivity index (χ4n) is 2.34. The summed E-state index contributed by atoms with van der Waals surface area (Å²) in [6.45, 7) is 2.02. The third-order valence-electron chi connectivity index (χ3n) is 3.61. The minimum Gasteiger partial charge on any atom is -0.321 e. The average molecular weight is 269 g/mol. The first kappa shape index (κ1) is 12.5. The third-order valence-corrected chi connectivity index (χ3v) is 3.61. The van der Waals surface area contributed by atoms with Crippen LogP contribution in [0.25, 0.3) is 16.6 Å². The zero-order valence-corrected chi connectivity index (χ0v) is 11.6. The van der Waals surface area contributed by atoms with Crippen LogP contribution in [0.3, 0.4) is 0 Å². The molecule has 0 atom stereocenters. The standard InChI is InChI=1S/C15H15N3O2/c1-10-4-6-11(7-5-10)18-8-12-13(9-18)16(2)15(20)17(3)14(12)19/h4-9H,1-3H3. The van der Waals surface area contributed by atoms with Crippen LogP contribution in [-0.2, 0) is 14.1 Å². The number of nitrogens with zero attached hydrogens (tertiary/aromatic N) is 3. The molecule has 102 valence electrons. The van der Waals surface area contributed by atoms with Gasteiger partial charge in [0, 0.05) is 32.2 Å². The maximum Gasteiger partial charge on any atom is 0.330 e. The van der Waals surface area contributed by atoms with E-state index in [9.17, 15) is 9.59 Å². The fraction of sp³-hybridized carbons (Fsp3) is 0.200. The number of hydrogen-bond donors (Lipinski definition) is 0. The predicted molar refractivity (Wildman–Crippen MR) is 78.5 cm³/mol. The highest BCUT2D eigenvalue weighted by Crippen LogP contribution is 2.15. The Morgan fingerprint density at radius 1 is 0.900 bits per heavy atom. The highest BCUT2D eigenvalue weighted by molar-refractivity contribution is 5.78. The SMILES string of the molecule is Cc1ccc(-n2cc3c(=O)n(C)c(=O)n(C)c3c2)cc1. The van der Waals surface area contributed by atoms with E-state index in [4.69, 9.17) is 0 Å². The lowest BCUT2D eigenvalue weighted by Crippen LogP contribution is -2.36. The van der Waals surface area contributed by atoms with Crippen LogP contribution in [-0.4, -0.2) is 13.7 Å². The summed E-state index contributed by atoms with van der Waals surface area (Å²) in [5.74, 6) is 0. The van der Waals surface area contributed by atoms with E-state index in [-0.39, 0.29) is 11.2 Å². The number of rotatable bonds is 1. The van der Waals surface area contributed by atoms with E-state index in [1.54, 1.807) is 13.2 Å². The van der Waals surface area contributed by atoms with E-state index in [0.29, 0.717) is 10.9 Å². The second kappa shape index (κ2) is 4.23.